The Morgan fingerprint density at radius 2 is 2.16 bits per heavy atom. The summed E-state index contributed by atoms with van der Waals surface area (Å²) in [6.45, 7) is 10.2. The molecule has 0 spiro atoms. The Morgan fingerprint density at radius 3 is 2.79 bits per heavy atom. The van der Waals surface area contributed by atoms with Crippen molar-refractivity contribution in [1.82, 2.24) is 4.90 Å². The van der Waals surface area contributed by atoms with Gasteiger partial charge < -0.3 is 15.4 Å². The van der Waals surface area contributed by atoms with E-state index in [2.05, 4.69) is 30.7 Å². The van der Waals surface area contributed by atoms with Crippen LogP contribution in [0, 0.1) is 5.92 Å². The van der Waals surface area contributed by atoms with E-state index in [1.165, 1.54) is 12.8 Å². The van der Waals surface area contributed by atoms with Crippen LogP contribution in [0.3, 0.4) is 0 Å². The van der Waals surface area contributed by atoms with Gasteiger partial charge in [0.05, 0.1) is 6.10 Å². The van der Waals surface area contributed by atoms with Crippen molar-refractivity contribution in [3.05, 3.63) is 0 Å². The summed E-state index contributed by atoms with van der Waals surface area (Å²) in [5.41, 5.74) is 6.02. The summed E-state index contributed by atoms with van der Waals surface area (Å²) in [5, 5.41) is 0. The number of piperidine rings is 1. The molecule has 0 aromatic rings. The van der Waals surface area contributed by atoms with E-state index in [4.69, 9.17) is 10.5 Å². The highest BCUT2D eigenvalue weighted by atomic mass is 127. The normalized spacial score (nSPS) is 20.5. The molecule has 1 fully saturated rings. The van der Waals surface area contributed by atoms with Gasteiger partial charge in [-0.2, -0.15) is 0 Å². The molecule has 0 radical (unpaired) electrons. The second kappa shape index (κ2) is 10.7. The van der Waals surface area contributed by atoms with Crippen molar-refractivity contribution in [2.45, 2.75) is 52.6 Å². The number of nitrogens with two attached hydrogens (primary N) is 1. The van der Waals surface area contributed by atoms with Gasteiger partial charge in [-0.1, -0.05) is 6.92 Å². The van der Waals surface area contributed by atoms with Crippen LogP contribution >= 0.6 is 24.0 Å². The average molecular weight is 383 g/mol. The van der Waals surface area contributed by atoms with Crippen molar-refractivity contribution in [3.8, 4) is 0 Å². The minimum absolute atomic E-state index is 0. The second-order valence-corrected chi connectivity index (χ2v) is 5.56. The van der Waals surface area contributed by atoms with Crippen LogP contribution in [0.5, 0.6) is 0 Å². The Hall–Kier alpha value is -0.0400. The fraction of sp³-hybridized carbons (Fsp3) is 0.929. The van der Waals surface area contributed by atoms with E-state index in [-0.39, 0.29) is 24.0 Å². The van der Waals surface area contributed by atoms with Crippen molar-refractivity contribution in [2.75, 3.05) is 26.2 Å². The van der Waals surface area contributed by atoms with Gasteiger partial charge in [-0.15, -0.1) is 24.0 Å². The highest BCUT2D eigenvalue weighted by Crippen LogP contribution is 2.14. The number of hydrogen-bond acceptors (Lipinski definition) is 2. The van der Waals surface area contributed by atoms with Gasteiger partial charge in [-0.05, 0) is 45.4 Å². The van der Waals surface area contributed by atoms with Crippen molar-refractivity contribution in [1.29, 1.82) is 0 Å². The molecule has 1 rings (SSSR count). The van der Waals surface area contributed by atoms with Crippen molar-refractivity contribution in [3.63, 3.8) is 0 Å². The summed E-state index contributed by atoms with van der Waals surface area (Å²) in [6, 6.07) is 0. The largest absolute Gasteiger partial charge is 0.379 e. The molecule has 2 N–H and O–H groups in total. The van der Waals surface area contributed by atoms with Crippen molar-refractivity contribution < 1.29 is 4.74 Å². The third-order valence-electron chi connectivity index (χ3n) is 3.26. The molecule has 1 aliphatic rings. The molecule has 0 aromatic heterocycles. The van der Waals surface area contributed by atoms with E-state index in [9.17, 15) is 0 Å². The van der Waals surface area contributed by atoms with Crippen LogP contribution in [0.2, 0.25) is 0 Å². The van der Waals surface area contributed by atoms with Gasteiger partial charge in [0.1, 0.15) is 0 Å². The predicted molar refractivity (Wildman–Crippen MR) is 92.2 cm³/mol. The summed E-state index contributed by atoms with van der Waals surface area (Å²) in [4.78, 5) is 6.68. The van der Waals surface area contributed by atoms with Crippen LogP contribution in [0.4, 0.5) is 0 Å². The van der Waals surface area contributed by atoms with E-state index in [1.54, 1.807) is 0 Å². The Bertz CT molecular complexity index is 259. The second-order valence-electron chi connectivity index (χ2n) is 5.56. The maximum absolute atomic E-state index is 6.02. The molecule has 5 heteroatoms. The van der Waals surface area contributed by atoms with Gasteiger partial charge >= 0.3 is 0 Å². The van der Waals surface area contributed by atoms with Crippen LogP contribution < -0.4 is 5.73 Å². The lowest BCUT2D eigenvalue weighted by Gasteiger charge is -2.31. The molecule has 1 atom stereocenters. The molecular weight excluding hydrogens is 353 g/mol. The molecule has 114 valence electrons. The van der Waals surface area contributed by atoms with Gasteiger partial charge in [-0.25, -0.2) is 0 Å². The molecule has 1 saturated heterocycles. The molecule has 1 aliphatic heterocycles. The molecule has 4 nitrogen and oxygen atoms in total. The molecule has 0 aliphatic carbocycles. The molecular formula is C14H30IN3O. The number of rotatable bonds is 6. The number of guanidine groups is 1. The molecule has 0 bridgehead atoms. The smallest absolute Gasteiger partial charge is 0.191 e. The third-order valence-corrected chi connectivity index (χ3v) is 3.26. The number of nitrogens with zero attached hydrogens (tertiary/aromatic N) is 2. The van der Waals surface area contributed by atoms with Gasteiger partial charge in [0.15, 0.2) is 5.96 Å². The Balaban J connectivity index is 0.00000324. The maximum atomic E-state index is 6.02. The van der Waals surface area contributed by atoms with Crippen LogP contribution in [0.15, 0.2) is 4.99 Å². The SMILES string of the molecule is CC1CCCN(C(N)=NCCCCOC(C)C)C1.I. The highest BCUT2D eigenvalue weighted by Gasteiger charge is 2.17. The molecule has 0 amide bonds. The number of unbranched alkanes of at least 4 members (excludes halogenated alkanes) is 1. The summed E-state index contributed by atoms with van der Waals surface area (Å²) in [5.74, 6) is 1.47. The molecule has 0 aromatic carbocycles. The summed E-state index contributed by atoms with van der Waals surface area (Å²) >= 11 is 0. The van der Waals surface area contributed by atoms with Gasteiger partial charge in [0.25, 0.3) is 0 Å². The van der Waals surface area contributed by atoms with Gasteiger partial charge in [0, 0.05) is 26.2 Å². The number of ether oxygens (including phenoxy) is 1. The van der Waals surface area contributed by atoms with Gasteiger partial charge in [-0.3, -0.25) is 4.99 Å². The lowest BCUT2D eigenvalue weighted by Crippen LogP contribution is -2.43. The quantitative estimate of drug-likeness (QED) is 0.332. The summed E-state index contributed by atoms with van der Waals surface area (Å²) in [6.07, 6.45) is 4.99. The number of aliphatic imine (C=N–C) groups is 1. The Kier molecular flexibility index (Phi) is 10.7. The first-order valence-corrected chi connectivity index (χ1v) is 7.26. The lowest BCUT2D eigenvalue weighted by atomic mass is 10.0. The number of hydrogen-bond donors (Lipinski definition) is 1. The Morgan fingerprint density at radius 1 is 1.42 bits per heavy atom. The first-order valence-electron chi connectivity index (χ1n) is 7.26. The van der Waals surface area contributed by atoms with Crippen molar-refractivity contribution in [2.24, 2.45) is 16.6 Å². The standard InChI is InChI=1S/C14H29N3O.HI/c1-12(2)18-10-5-4-8-16-14(15)17-9-6-7-13(3)11-17;/h12-13H,4-11H2,1-3H3,(H2,15,16);1H. The fourth-order valence-corrected chi connectivity index (χ4v) is 2.22. The molecule has 1 heterocycles. The van der Waals surface area contributed by atoms with Crippen LogP contribution in [-0.4, -0.2) is 43.2 Å². The van der Waals surface area contributed by atoms with E-state index >= 15 is 0 Å². The first kappa shape index (κ1) is 19.0. The number of halogens is 1. The summed E-state index contributed by atoms with van der Waals surface area (Å²) in [7, 11) is 0. The van der Waals surface area contributed by atoms with Crippen LogP contribution in [-0.2, 0) is 4.74 Å². The molecule has 19 heavy (non-hydrogen) atoms. The van der Waals surface area contributed by atoms with Gasteiger partial charge in [0.2, 0.25) is 0 Å². The van der Waals surface area contributed by atoms with E-state index in [1.807, 2.05) is 0 Å². The fourth-order valence-electron chi connectivity index (χ4n) is 2.22. The molecule has 1 unspecified atom stereocenters. The van der Waals surface area contributed by atoms with Crippen LogP contribution in [0.25, 0.3) is 0 Å². The van der Waals surface area contributed by atoms with Crippen molar-refractivity contribution >= 4 is 29.9 Å². The molecule has 0 saturated carbocycles. The minimum Gasteiger partial charge on any atom is -0.379 e. The topological polar surface area (TPSA) is 50.8 Å². The summed E-state index contributed by atoms with van der Waals surface area (Å²) < 4.78 is 5.49. The zero-order chi connectivity index (χ0) is 13.4. The monoisotopic (exact) mass is 383 g/mol. The first-order chi connectivity index (χ1) is 8.59. The minimum atomic E-state index is 0. The highest BCUT2D eigenvalue weighted by molar-refractivity contribution is 14.0. The number of likely N-dealkylation sites (tertiary alicyclic amines) is 1. The van der Waals surface area contributed by atoms with E-state index in [0.717, 1.165) is 51.0 Å². The third kappa shape index (κ3) is 8.68. The maximum Gasteiger partial charge on any atom is 0.191 e. The van der Waals surface area contributed by atoms with E-state index < -0.39 is 0 Å². The zero-order valence-corrected chi connectivity index (χ0v) is 14.9. The van der Waals surface area contributed by atoms with Crippen LogP contribution in [0.1, 0.15) is 46.5 Å². The lowest BCUT2D eigenvalue weighted by molar-refractivity contribution is 0.0763. The van der Waals surface area contributed by atoms with E-state index in [0.29, 0.717) is 6.10 Å². The Labute approximate surface area is 135 Å². The zero-order valence-electron chi connectivity index (χ0n) is 12.6. The average Bonchev–Trinajstić information content (AvgIpc) is 2.33. The predicted octanol–water partition coefficient (Wildman–Crippen LogP) is 2.86.